The molecule has 0 atom stereocenters. The van der Waals surface area contributed by atoms with Crippen molar-refractivity contribution in [3.05, 3.63) is 34.9 Å². The summed E-state index contributed by atoms with van der Waals surface area (Å²) in [6, 6.07) is 7.45. The van der Waals surface area contributed by atoms with E-state index < -0.39 is 16.6 Å². The summed E-state index contributed by atoms with van der Waals surface area (Å²) in [6.45, 7) is 12.6. The number of nitrogens with zero attached hydrogens (tertiary/aromatic N) is 1. The number of oxime groups is 1. The van der Waals surface area contributed by atoms with Gasteiger partial charge >= 0.3 is 0 Å². The van der Waals surface area contributed by atoms with E-state index >= 15 is 0 Å². The first-order valence-electron chi connectivity index (χ1n) is 6.28. The largest absolute Gasteiger partial charge is 0.529 e. The van der Waals surface area contributed by atoms with E-state index in [-0.39, 0.29) is 0 Å². The maximum Gasteiger partial charge on any atom is 0.278 e. The fourth-order valence-electron chi connectivity index (χ4n) is 1.19. The van der Waals surface area contributed by atoms with E-state index in [0.717, 1.165) is 5.56 Å². The predicted molar refractivity (Wildman–Crippen MR) is 86.9 cm³/mol. The molecule has 0 saturated carbocycles. The zero-order valence-corrected chi connectivity index (χ0v) is 15.2. The highest BCUT2D eigenvalue weighted by Gasteiger charge is 2.22. The van der Waals surface area contributed by atoms with E-state index in [1.54, 1.807) is 0 Å². The van der Waals surface area contributed by atoms with Gasteiger partial charge in [0, 0.05) is 10.6 Å². The van der Waals surface area contributed by atoms with Crippen molar-refractivity contribution in [2.45, 2.75) is 39.3 Å². The molecule has 1 aromatic carbocycles. The van der Waals surface area contributed by atoms with Crippen molar-refractivity contribution in [2.75, 3.05) is 0 Å². The summed E-state index contributed by atoms with van der Waals surface area (Å²) in [6.07, 6.45) is 0. The third-order valence-corrected chi connectivity index (χ3v) is 3.59. The van der Waals surface area contributed by atoms with Gasteiger partial charge in [-0.3, -0.25) is 0 Å². The highest BCUT2D eigenvalue weighted by molar-refractivity contribution is 6.71. The van der Waals surface area contributed by atoms with Crippen molar-refractivity contribution in [2.24, 2.45) is 5.16 Å². The molecule has 0 amide bonds. The van der Waals surface area contributed by atoms with Crippen LogP contribution in [0.25, 0.3) is 0 Å². The average Bonchev–Trinajstić information content (AvgIpc) is 2.23. The van der Waals surface area contributed by atoms with Crippen molar-refractivity contribution >= 4 is 34.1 Å². The highest BCUT2D eigenvalue weighted by atomic mass is 35.5. The monoisotopic (exact) mass is 315 g/mol. The SMILES string of the molecule is C[Si](C)(C)O/N=C(\O[Si](C)(C)C)c1ccc(Cl)cc1. The Bertz CT molecular complexity index is 447. The van der Waals surface area contributed by atoms with Crippen LogP contribution >= 0.6 is 11.6 Å². The van der Waals surface area contributed by atoms with Gasteiger partial charge in [0.1, 0.15) is 0 Å². The molecule has 0 aliphatic carbocycles. The van der Waals surface area contributed by atoms with Gasteiger partial charge in [-0.15, -0.1) is 0 Å². The summed E-state index contributed by atoms with van der Waals surface area (Å²) >= 11 is 5.90. The molecule has 0 unspecified atom stereocenters. The Morgan fingerprint density at radius 1 is 0.947 bits per heavy atom. The third-order valence-electron chi connectivity index (χ3n) is 1.90. The molecule has 0 radical (unpaired) electrons. The van der Waals surface area contributed by atoms with Gasteiger partial charge < -0.3 is 8.95 Å². The van der Waals surface area contributed by atoms with Crippen LogP contribution in [0.5, 0.6) is 0 Å². The van der Waals surface area contributed by atoms with Crippen molar-refractivity contribution in [3.8, 4) is 0 Å². The molecule has 19 heavy (non-hydrogen) atoms. The van der Waals surface area contributed by atoms with Gasteiger partial charge in [-0.2, -0.15) is 0 Å². The highest BCUT2D eigenvalue weighted by Crippen LogP contribution is 2.15. The van der Waals surface area contributed by atoms with Gasteiger partial charge in [0.25, 0.3) is 8.32 Å². The lowest BCUT2D eigenvalue weighted by Gasteiger charge is -2.22. The lowest BCUT2D eigenvalue weighted by atomic mass is 10.2. The fourth-order valence-corrected chi connectivity index (χ4v) is 2.41. The molecular formula is C13H22ClNO2Si2. The van der Waals surface area contributed by atoms with Gasteiger partial charge in [0.2, 0.25) is 14.2 Å². The van der Waals surface area contributed by atoms with Gasteiger partial charge in [0.15, 0.2) is 0 Å². The molecule has 0 fully saturated rings. The molecule has 0 aromatic heterocycles. The first-order chi connectivity index (χ1) is 8.57. The van der Waals surface area contributed by atoms with Crippen LogP contribution < -0.4 is 0 Å². The molecule has 0 aliphatic heterocycles. The lowest BCUT2D eigenvalue weighted by molar-refractivity contribution is 0.320. The molecule has 1 aromatic rings. The number of halogens is 1. The summed E-state index contributed by atoms with van der Waals surface area (Å²) in [7, 11) is -3.46. The minimum absolute atomic E-state index is 0.554. The van der Waals surface area contributed by atoms with E-state index in [0.29, 0.717) is 10.9 Å². The van der Waals surface area contributed by atoms with E-state index in [4.69, 9.17) is 20.6 Å². The molecular weight excluding hydrogens is 294 g/mol. The summed E-state index contributed by atoms with van der Waals surface area (Å²) in [5.74, 6) is 0.554. The topological polar surface area (TPSA) is 30.8 Å². The molecule has 1 rings (SSSR count). The molecule has 0 N–H and O–H groups in total. The van der Waals surface area contributed by atoms with E-state index in [2.05, 4.69) is 44.4 Å². The molecule has 6 heteroatoms. The Morgan fingerprint density at radius 3 is 1.89 bits per heavy atom. The van der Waals surface area contributed by atoms with Gasteiger partial charge in [-0.1, -0.05) is 16.8 Å². The fraction of sp³-hybridized carbons (Fsp3) is 0.462. The molecule has 0 bridgehead atoms. The van der Waals surface area contributed by atoms with Crippen LogP contribution in [0.1, 0.15) is 5.56 Å². The average molecular weight is 316 g/mol. The van der Waals surface area contributed by atoms with Crippen molar-refractivity contribution < 1.29 is 8.95 Å². The summed E-state index contributed by atoms with van der Waals surface area (Å²) in [5.41, 5.74) is 0.894. The Hall–Kier alpha value is -0.786. The first kappa shape index (κ1) is 16.3. The molecule has 0 heterocycles. The second kappa shape index (κ2) is 6.11. The second-order valence-electron chi connectivity index (χ2n) is 6.32. The summed E-state index contributed by atoms with van der Waals surface area (Å²) < 4.78 is 11.6. The minimum Gasteiger partial charge on any atom is -0.529 e. The second-order valence-corrected chi connectivity index (χ2v) is 15.6. The van der Waals surface area contributed by atoms with E-state index in [1.807, 2.05) is 24.3 Å². The smallest absolute Gasteiger partial charge is 0.278 e. The normalized spacial score (nSPS) is 13.3. The van der Waals surface area contributed by atoms with Crippen LogP contribution in [0.2, 0.25) is 44.3 Å². The maximum atomic E-state index is 6.00. The van der Waals surface area contributed by atoms with Crippen LogP contribution in [-0.2, 0) is 8.95 Å². The van der Waals surface area contributed by atoms with Crippen LogP contribution in [-0.4, -0.2) is 22.5 Å². The summed E-state index contributed by atoms with van der Waals surface area (Å²) in [5, 5.41) is 4.92. The van der Waals surface area contributed by atoms with Gasteiger partial charge in [0.05, 0.1) is 0 Å². The van der Waals surface area contributed by atoms with Crippen LogP contribution in [0, 0.1) is 0 Å². The minimum atomic E-state index is -1.74. The first-order valence-corrected chi connectivity index (χ1v) is 13.5. The molecule has 3 nitrogen and oxygen atoms in total. The van der Waals surface area contributed by atoms with Crippen molar-refractivity contribution in [1.82, 2.24) is 0 Å². The number of benzene rings is 1. The van der Waals surface area contributed by atoms with Crippen LogP contribution in [0.15, 0.2) is 29.4 Å². The third kappa shape index (κ3) is 6.80. The summed E-state index contributed by atoms with van der Waals surface area (Å²) in [4.78, 5) is 0. The van der Waals surface area contributed by atoms with E-state index in [9.17, 15) is 0 Å². The molecule has 106 valence electrons. The van der Waals surface area contributed by atoms with Crippen LogP contribution in [0.4, 0.5) is 0 Å². The zero-order chi connectivity index (χ0) is 14.7. The number of rotatable bonds is 4. The number of hydrogen-bond acceptors (Lipinski definition) is 3. The van der Waals surface area contributed by atoms with E-state index in [1.165, 1.54) is 0 Å². The Morgan fingerprint density at radius 2 is 1.47 bits per heavy atom. The Kier molecular flexibility index (Phi) is 5.23. The lowest BCUT2D eigenvalue weighted by Crippen LogP contribution is -2.31. The quantitative estimate of drug-likeness (QED) is 0.349. The van der Waals surface area contributed by atoms with Crippen molar-refractivity contribution in [1.29, 1.82) is 0 Å². The standard InChI is InChI=1S/C13H22ClNO2Si2/c1-18(2,3)16-13(15-17-19(4,5)6)11-7-9-12(14)10-8-11/h7-10H,1-6H3/b15-13-. The Balaban J connectivity index is 3.02. The van der Waals surface area contributed by atoms with Gasteiger partial charge in [-0.05, 0) is 63.5 Å². The molecule has 0 aliphatic rings. The Labute approximate surface area is 122 Å². The zero-order valence-electron chi connectivity index (χ0n) is 12.5. The van der Waals surface area contributed by atoms with Crippen LogP contribution in [0.3, 0.4) is 0 Å². The van der Waals surface area contributed by atoms with Gasteiger partial charge in [-0.25, -0.2) is 0 Å². The predicted octanol–water partition coefficient (Wildman–Crippen LogP) is 4.70. The van der Waals surface area contributed by atoms with Crippen molar-refractivity contribution in [3.63, 3.8) is 0 Å². The number of hydrogen-bond donors (Lipinski definition) is 0. The molecule has 0 spiro atoms. The maximum absolute atomic E-state index is 6.00. The molecule has 0 saturated heterocycles.